The summed E-state index contributed by atoms with van der Waals surface area (Å²) in [5.74, 6) is 0.108. The molecular weight excluding hydrogens is 383 g/mol. The van der Waals surface area contributed by atoms with Crippen LogP contribution in [-0.4, -0.2) is 25.7 Å². The minimum absolute atomic E-state index is 0.302. The average Bonchev–Trinajstić information content (AvgIpc) is 3.05. The van der Waals surface area contributed by atoms with Crippen molar-refractivity contribution in [3.05, 3.63) is 71.6 Å². The molecule has 2 heterocycles. The molecule has 29 heavy (non-hydrogen) atoms. The Morgan fingerprint density at radius 2 is 1.86 bits per heavy atom. The lowest BCUT2D eigenvalue weighted by Crippen LogP contribution is -2.23. The molecule has 9 heteroatoms. The maximum Gasteiger partial charge on any atom is 0.433 e. The van der Waals surface area contributed by atoms with Crippen LogP contribution in [0.1, 0.15) is 41.4 Å². The van der Waals surface area contributed by atoms with Crippen LogP contribution in [-0.2, 0) is 25.1 Å². The van der Waals surface area contributed by atoms with Crippen molar-refractivity contribution in [2.24, 2.45) is 7.05 Å². The number of amides is 1. The predicted octanol–water partition coefficient (Wildman–Crippen LogP) is 4.00. The standard InChI is InChI=1S/C20H20F3N5O/c1-19(2,11-17-27-24-12-28(17)3)13-6-4-7-14(10-13)25-18(29)15-8-5-9-16(26-15)20(21,22)23/h4-10,12H,11H2,1-3H3,(H,25,29). The summed E-state index contributed by atoms with van der Waals surface area (Å²) in [6.45, 7) is 4.08. The van der Waals surface area contributed by atoms with E-state index in [2.05, 4.69) is 20.5 Å². The fourth-order valence-corrected chi connectivity index (χ4v) is 2.90. The highest BCUT2D eigenvalue weighted by Crippen LogP contribution is 2.29. The Morgan fingerprint density at radius 1 is 1.14 bits per heavy atom. The quantitative estimate of drug-likeness (QED) is 0.699. The number of carbonyl (C=O) groups is 1. The first-order chi connectivity index (χ1) is 13.6. The normalized spacial score (nSPS) is 12.1. The number of benzene rings is 1. The number of aromatic nitrogens is 4. The lowest BCUT2D eigenvalue weighted by atomic mass is 9.81. The molecule has 3 aromatic rings. The summed E-state index contributed by atoms with van der Waals surface area (Å²) in [4.78, 5) is 15.8. The fraction of sp³-hybridized carbons (Fsp3) is 0.300. The SMILES string of the molecule is Cn1cnnc1CC(C)(C)c1cccc(NC(=O)c2cccc(C(F)(F)F)n2)c1. The molecule has 1 N–H and O–H groups in total. The molecular formula is C20H20F3N5O. The number of halogens is 3. The Morgan fingerprint density at radius 3 is 2.52 bits per heavy atom. The van der Waals surface area contributed by atoms with E-state index in [-0.39, 0.29) is 11.1 Å². The van der Waals surface area contributed by atoms with Crippen LogP contribution in [0.2, 0.25) is 0 Å². The molecule has 2 aromatic heterocycles. The van der Waals surface area contributed by atoms with Crippen molar-refractivity contribution in [3.8, 4) is 0 Å². The number of nitrogens with one attached hydrogen (secondary N) is 1. The van der Waals surface area contributed by atoms with Gasteiger partial charge in [0.1, 0.15) is 23.5 Å². The van der Waals surface area contributed by atoms with Crippen LogP contribution in [0.4, 0.5) is 18.9 Å². The Hall–Kier alpha value is -3.23. The molecule has 0 bridgehead atoms. The average molecular weight is 403 g/mol. The minimum Gasteiger partial charge on any atom is -0.321 e. The zero-order valence-corrected chi connectivity index (χ0v) is 16.2. The molecule has 0 saturated heterocycles. The van der Waals surface area contributed by atoms with Gasteiger partial charge in [0.05, 0.1) is 0 Å². The number of pyridine rings is 1. The Balaban J connectivity index is 1.79. The minimum atomic E-state index is -4.61. The van der Waals surface area contributed by atoms with Gasteiger partial charge in [-0.3, -0.25) is 4.79 Å². The number of alkyl halides is 3. The molecule has 0 radical (unpaired) electrons. The van der Waals surface area contributed by atoms with Gasteiger partial charge >= 0.3 is 6.18 Å². The third kappa shape index (κ3) is 4.79. The van der Waals surface area contributed by atoms with Crippen LogP contribution < -0.4 is 5.32 Å². The summed E-state index contributed by atoms with van der Waals surface area (Å²) >= 11 is 0. The zero-order chi connectivity index (χ0) is 21.2. The monoisotopic (exact) mass is 403 g/mol. The van der Waals surface area contributed by atoms with Crippen molar-refractivity contribution >= 4 is 11.6 Å². The summed E-state index contributed by atoms with van der Waals surface area (Å²) in [5.41, 5.74) is -0.309. The third-order valence-electron chi connectivity index (χ3n) is 4.58. The number of rotatable bonds is 5. The van der Waals surface area contributed by atoms with E-state index in [4.69, 9.17) is 0 Å². The molecule has 3 rings (SSSR count). The number of anilines is 1. The summed E-state index contributed by atoms with van der Waals surface area (Å²) in [6.07, 6.45) is -2.36. The molecule has 6 nitrogen and oxygen atoms in total. The summed E-state index contributed by atoms with van der Waals surface area (Å²) < 4.78 is 40.3. The van der Waals surface area contributed by atoms with Crippen LogP contribution in [0.25, 0.3) is 0 Å². The number of hydrogen-bond donors (Lipinski definition) is 1. The van der Waals surface area contributed by atoms with Crippen LogP contribution >= 0.6 is 0 Å². The lowest BCUT2D eigenvalue weighted by Gasteiger charge is -2.25. The van der Waals surface area contributed by atoms with Gasteiger partial charge in [-0.1, -0.05) is 32.0 Å². The number of carbonyl (C=O) groups excluding carboxylic acids is 1. The summed E-state index contributed by atoms with van der Waals surface area (Å²) in [5, 5.41) is 10.6. The molecule has 0 spiro atoms. The van der Waals surface area contributed by atoms with E-state index in [0.29, 0.717) is 12.1 Å². The van der Waals surface area contributed by atoms with Crippen molar-refractivity contribution in [3.63, 3.8) is 0 Å². The van der Waals surface area contributed by atoms with Gasteiger partial charge in [-0.2, -0.15) is 13.2 Å². The highest BCUT2D eigenvalue weighted by atomic mass is 19.4. The Kier molecular flexibility index (Phi) is 5.41. The first-order valence-electron chi connectivity index (χ1n) is 8.85. The number of aryl methyl sites for hydroxylation is 1. The topological polar surface area (TPSA) is 72.7 Å². The van der Waals surface area contributed by atoms with Crippen LogP contribution in [0.15, 0.2) is 48.8 Å². The molecule has 152 valence electrons. The van der Waals surface area contributed by atoms with Gasteiger partial charge in [0.25, 0.3) is 5.91 Å². The van der Waals surface area contributed by atoms with Crippen molar-refractivity contribution in [2.75, 3.05) is 5.32 Å². The van der Waals surface area contributed by atoms with Crippen LogP contribution in [0, 0.1) is 0 Å². The predicted molar refractivity (Wildman–Crippen MR) is 101 cm³/mol. The van der Waals surface area contributed by atoms with Gasteiger partial charge in [0.2, 0.25) is 0 Å². The van der Waals surface area contributed by atoms with Gasteiger partial charge in [-0.25, -0.2) is 4.98 Å². The second-order valence-electron chi connectivity index (χ2n) is 7.36. The summed E-state index contributed by atoms with van der Waals surface area (Å²) in [7, 11) is 1.87. The van der Waals surface area contributed by atoms with E-state index in [1.807, 2.05) is 31.5 Å². The van der Waals surface area contributed by atoms with Crippen molar-refractivity contribution in [2.45, 2.75) is 31.9 Å². The van der Waals surface area contributed by atoms with Gasteiger partial charge < -0.3 is 9.88 Å². The highest BCUT2D eigenvalue weighted by molar-refractivity contribution is 6.02. The van der Waals surface area contributed by atoms with Gasteiger partial charge in [-0.15, -0.1) is 10.2 Å². The van der Waals surface area contributed by atoms with E-state index in [1.54, 1.807) is 24.5 Å². The zero-order valence-electron chi connectivity index (χ0n) is 16.2. The molecule has 0 atom stereocenters. The maximum atomic E-state index is 12.8. The molecule has 0 aliphatic carbocycles. The van der Waals surface area contributed by atoms with E-state index in [0.717, 1.165) is 23.5 Å². The summed E-state index contributed by atoms with van der Waals surface area (Å²) in [6, 6.07) is 10.4. The first kappa shape index (κ1) is 20.5. The van der Waals surface area contributed by atoms with E-state index >= 15 is 0 Å². The van der Waals surface area contributed by atoms with Gasteiger partial charge in [-0.05, 0) is 35.2 Å². The largest absolute Gasteiger partial charge is 0.433 e. The van der Waals surface area contributed by atoms with Crippen LogP contribution in [0.5, 0.6) is 0 Å². The molecule has 0 fully saturated rings. The molecule has 0 saturated carbocycles. The van der Waals surface area contributed by atoms with Crippen LogP contribution in [0.3, 0.4) is 0 Å². The van der Waals surface area contributed by atoms with Gasteiger partial charge in [0.15, 0.2) is 0 Å². The lowest BCUT2D eigenvalue weighted by molar-refractivity contribution is -0.141. The molecule has 0 aliphatic rings. The Labute approximate surface area is 165 Å². The Bertz CT molecular complexity index is 1030. The van der Waals surface area contributed by atoms with E-state index in [9.17, 15) is 18.0 Å². The van der Waals surface area contributed by atoms with E-state index < -0.39 is 17.8 Å². The second-order valence-corrected chi connectivity index (χ2v) is 7.36. The van der Waals surface area contributed by atoms with Crippen molar-refractivity contribution < 1.29 is 18.0 Å². The smallest absolute Gasteiger partial charge is 0.321 e. The molecule has 1 amide bonds. The van der Waals surface area contributed by atoms with Crippen molar-refractivity contribution in [1.29, 1.82) is 0 Å². The van der Waals surface area contributed by atoms with Gasteiger partial charge in [0, 0.05) is 19.2 Å². The highest BCUT2D eigenvalue weighted by Gasteiger charge is 2.33. The third-order valence-corrected chi connectivity index (χ3v) is 4.58. The fourth-order valence-electron chi connectivity index (χ4n) is 2.90. The number of hydrogen-bond acceptors (Lipinski definition) is 4. The maximum absolute atomic E-state index is 12.8. The molecule has 1 aromatic carbocycles. The molecule has 0 unspecified atom stereocenters. The number of nitrogens with zero attached hydrogens (tertiary/aromatic N) is 4. The second kappa shape index (κ2) is 7.65. The van der Waals surface area contributed by atoms with E-state index in [1.165, 1.54) is 6.07 Å². The first-order valence-corrected chi connectivity index (χ1v) is 8.85. The molecule has 0 aliphatic heterocycles. The van der Waals surface area contributed by atoms with Crippen molar-refractivity contribution in [1.82, 2.24) is 19.7 Å².